The molecule has 2 aromatic rings. The molecule has 0 bridgehead atoms. The van der Waals surface area contributed by atoms with E-state index in [9.17, 15) is 4.79 Å². The summed E-state index contributed by atoms with van der Waals surface area (Å²) >= 11 is 4.74. The molecule has 27 heavy (non-hydrogen) atoms. The smallest absolute Gasteiger partial charge is 0.264 e. The van der Waals surface area contributed by atoms with Gasteiger partial charge in [-0.05, 0) is 73.1 Å². The monoisotopic (exact) mass is 440 g/mol. The number of hydrogen-bond donors (Lipinski definition) is 1. The Bertz CT molecular complexity index is 985. The number of rotatable bonds is 4. The summed E-state index contributed by atoms with van der Waals surface area (Å²) in [6.45, 7) is 4.21. The molecule has 1 fully saturated rings. The molecule has 6 heteroatoms. The van der Waals surface area contributed by atoms with Gasteiger partial charge in [-0.1, -0.05) is 27.9 Å². The third-order valence-corrected chi connectivity index (χ3v) is 5.06. The summed E-state index contributed by atoms with van der Waals surface area (Å²) in [6, 6.07) is 11.6. The van der Waals surface area contributed by atoms with Crippen molar-refractivity contribution in [3.63, 3.8) is 0 Å². The molecule has 1 saturated heterocycles. The van der Waals surface area contributed by atoms with E-state index < -0.39 is 0 Å². The fraction of sp³-hybridized carbons (Fsp3) is 0.143. The molecule has 2 aromatic carbocycles. The van der Waals surface area contributed by atoms with Gasteiger partial charge in [-0.2, -0.15) is 0 Å². The van der Waals surface area contributed by atoms with E-state index in [4.69, 9.17) is 11.2 Å². The number of aryl methyl sites for hydroxylation is 2. The molecular weight excluding hydrogens is 424 g/mol. The number of amides is 1. The van der Waals surface area contributed by atoms with Crippen molar-refractivity contribution >= 4 is 50.5 Å². The van der Waals surface area contributed by atoms with Gasteiger partial charge in [0.25, 0.3) is 5.91 Å². The summed E-state index contributed by atoms with van der Waals surface area (Å²) in [4.78, 5) is 17.5. The highest BCUT2D eigenvalue weighted by atomic mass is 79.9. The molecule has 1 aliphatic heterocycles. The molecule has 1 amide bonds. The van der Waals surface area contributed by atoms with Crippen LogP contribution in [0.1, 0.15) is 16.7 Å². The zero-order valence-electron chi connectivity index (χ0n) is 14.9. The number of benzene rings is 2. The first-order valence-corrected chi connectivity index (χ1v) is 9.79. The number of carbonyl (C=O) groups is 1. The van der Waals surface area contributed by atoms with Crippen LogP contribution in [-0.2, 0) is 4.79 Å². The third-order valence-electron chi connectivity index (χ3n) is 3.66. The van der Waals surface area contributed by atoms with E-state index in [1.165, 1.54) is 11.8 Å². The predicted octanol–water partition coefficient (Wildman–Crippen LogP) is 4.97. The number of amidine groups is 1. The van der Waals surface area contributed by atoms with Gasteiger partial charge in [0, 0.05) is 10.0 Å². The number of terminal acetylenes is 1. The highest BCUT2D eigenvalue weighted by Crippen LogP contribution is 2.32. The highest BCUT2D eigenvalue weighted by molar-refractivity contribution is 9.10. The fourth-order valence-electron chi connectivity index (χ4n) is 2.64. The number of thioether (sulfide) groups is 1. The number of nitrogens with one attached hydrogen (secondary N) is 1. The maximum absolute atomic E-state index is 12.4. The van der Waals surface area contributed by atoms with Crippen LogP contribution in [0.3, 0.4) is 0 Å². The van der Waals surface area contributed by atoms with Crippen molar-refractivity contribution in [1.29, 1.82) is 0 Å². The molecule has 1 aliphatic rings. The lowest BCUT2D eigenvalue weighted by Crippen LogP contribution is -2.19. The lowest BCUT2D eigenvalue weighted by molar-refractivity contribution is -0.115. The zero-order chi connectivity index (χ0) is 19.4. The number of nitrogens with zero attached hydrogens (tertiary/aromatic N) is 1. The maximum atomic E-state index is 12.4. The molecule has 1 N–H and O–H groups in total. The summed E-state index contributed by atoms with van der Waals surface area (Å²) in [5, 5.41) is 3.36. The summed E-state index contributed by atoms with van der Waals surface area (Å²) < 4.78 is 6.45. The Kier molecular flexibility index (Phi) is 6.04. The van der Waals surface area contributed by atoms with E-state index in [-0.39, 0.29) is 12.5 Å². The Morgan fingerprint density at radius 2 is 2.00 bits per heavy atom. The number of hydrogen-bond acceptors (Lipinski definition) is 4. The van der Waals surface area contributed by atoms with Crippen molar-refractivity contribution in [1.82, 2.24) is 5.32 Å². The molecule has 0 radical (unpaired) electrons. The number of aliphatic imine (C=N–C) groups is 1. The van der Waals surface area contributed by atoms with Gasteiger partial charge < -0.3 is 10.1 Å². The van der Waals surface area contributed by atoms with Crippen molar-refractivity contribution in [2.45, 2.75) is 13.8 Å². The van der Waals surface area contributed by atoms with Crippen molar-refractivity contribution < 1.29 is 9.53 Å². The minimum Gasteiger partial charge on any atom is -0.480 e. The molecule has 136 valence electrons. The molecule has 4 nitrogen and oxygen atoms in total. The van der Waals surface area contributed by atoms with Crippen LogP contribution in [0.5, 0.6) is 5.75 Å². The Morgan fingerprint density at radius 1 is 1.26 bits per heavy atom. The molecule has 1 heterocycles. The Balaban J connectivity index is 1.88. The van der Waals surface area contributed by atoms with E-state index in [2.05, 4.69) is 38.2 Å². The molecular formula is C21H17BrN2O2S. The van der Waals surface area contributed by atoms with E-state index >= 15 is 0 Å². The van der Waals surface area contributed by atoms with Crippen molar-refractivity contribution in [3.05, 3.63) is 62.5 Å². The molecule has 0 saturated carbocycles. The first-order chi connectivity index (χ1) is 12.9. The average Bonchev–Trinajstić information content (AvgIpc) is 2.92. The van der Waals surface area contributed by atoms with E-state index in [0.29, 0.717) is 15.8 Å². The van der Waals surface area contributed by atoms with Gasteiger partial charge in [0.1, 0.15) is 12.4 Å². The molecule has 0 aliphatic carbocycles. The van der Waals surface area contributed by atoms with E-state index in [1.54, 1.807) is 6.08 Å². The fourth-order valence-corrected chi connectivity index (χ4v) is 3.85. The second kappa shape index (κ2) is 8.47. The highest BCUT2D eigenvalue weighted by Gasteiger charge is 2.24. The predicted molar refractivity (Wildman–Crippen MR) is 115 cm³/mol. The zero-order valence-corrected chi connectivity index (χ0v) is 17.3. The summed E-state index contributed by atoms with van der Waals surface area (Å²) in [5.41, 5.74) is 3.84. The van der Waals surface area contributed by atoms with E-state index in [1.807, 2.05) is 44.2 Å². The Morgan fingerprint density at radius 3 is 2.70 bits per heavy atom. The number of halogens is 1. The molecule has 0 aromatic heterocycles. The van der Waals surface area contributed by atoms with Crippen LogP contribution < -0.4 is 10.1 Å². The van der Waals surface area contributed by atoms with Crippen LogP contribution in [0, 0.1) is 26.2 Å². The van der Waals surface area contributed by atoms with Gasteiger partial charge in [0.2, 0.25) is 0 Å². The second-order valence-corrected chi connectivity index (χ2v) is 7.95. The van der Waals surface area contributed by atoms with Crippen LogP contribution in [0.15, 0.2) is 50.8 Å². The van der Waals surface area contributed by atoms with Gasteiger partial charge in [0.05, 0.1) is 10.6 Å². The summed E-state index contributed by atoms with van der Waals surface area (Å²) in [7, 11) is 0. The SMILES string of the molecule is C#CCOc1ccc(Br)cc1/C=C1\SC(=Nc2cc(C)cc(C)c2)NC1=O. The molecule has 0 spiro atoms. The first kappa shape index (κ1) is 19.3. The van der Waals surface area contributed by atoms with Gasteiger partial charge in [0.15, 0.2) is 5.17 Å². The Labute approximate surface area is 171 Å². The summed E-state index contributed by atoms with van der Waals surface area (Å²) in [5.74, 6) is 2.88. The molecule has 0 atom stereocenters. The largest absolute Gasteiger partial charge is 0.480 e. The van der Waals surface area contributed by atoms with Crippen LogP contribution in [0.25, 0.3) is 6.08 Å². The van der Waals surface area contributed by atoms with Crippen LogP contribution >= 0.6 is 27.7 Å². The third kappa shape index (κ3) is 5.03. The van der Waals surface area contributed by atoms with Gasteiger partial charge >= 0.3 is 0 Å². The topological polar surface area (TPSA) is 50.7 Å². The molecule has 3 rings (SSSR count). The van der Waals surface area contributed by atoms with Gasteiger partial charge in [-0.3, -0.25) is 4.79 Å². The Hall–Kier alpha value is -2.49. The first-order valence-electron chi connectivity index (χ1n) is 8.18. The van der Waals surface area contributed by atoms with Gasteiger partial charge in [-0.15, -0.1) is 6.42 Å². The second-order valence-electron chi connectivity index (χ2n) is 6.00. The summed E-state index contributed by atoms with van der Waals surface area (Å²) in [6.07, 6.45) is 7.05. The number of ether oxygens (including phenoxy) is 1. The number of carbonyl (C=O) groups excluding carboxylic acids is 1. The van der Waals surface area contributed by atoms with Crippen LogP contribution in [0.4, 0.5) is 5.69 Å². The lowest BCUT2D eigenvalue weighted by Gasteiger charge is -2.07. The quantitative estimate of drug-likeness (QED) is 0.539. The van der Waals surface area contributed by atoms with Crippen LogP contribution in [-0.4, -0.2) is 17.7 Å². The minimum absolute atomic E-state index is 0.163. The van der Waals surface area contributed by atoms with Gasteiger partial charge in [-0.25, -0.2) is 4.99 Å². The minimum atomic E-state index is -0.189. The lowest BCUT2D eigenvalue weighted by atomic mass is 10.1. The average molecular weight is 441 g/mol. The maximum Gasteiger partial charge on any atom is 0.264 e. The van der Waals surface area contributed by atoms with Crippen molar-refractivity contribution in [3.8, 4) is 18.1 Å². The molecule has 0 unspecified atom stereocenters. The van der Waals surface area contributed by atoms with E-state index in [0.717, 1.165) is 26.9 Å². The van der Waals surface area contributed by atoms with Crippen LogP contribution in [0.2, 0.25) is 0 Å². The van der Waals surface area contributed by atoms with Crippen molar-refractivity contribution in [2.75, 3.05) is 6.61 Å². The standard InChI is InChI=1S/C21H17BrN2O2S/c1-4-7-26-18-6-5-16(22)11-15(18)12-19-20(25)24-21(27-19)23-17-9-13(2)8-14(3)10-17/h1,5-6,8-12H,7H2,2-3H3,(H,23,24,25)/b19-12-. The normalized spacial score (nSPS) is 16.4. The van der Waals surface area contributed by atoms with Crippen molar-refractivity contribution in [2.24, 2.45) is 4.99 Å².